The number of anilines is 1. The van der Waals surface area contributed by atoms with Crippen molar-refractivity contribution in [3.63, 3.8) is 0 Å². The second-order valence-corrected chi connectivity index (χ2v) is 8.88. The van der Waals surface area contributed by atoms with Gasteiger partial charge in [0.2, 0.25) is 15.9 Å². The van der Waals surface area contributed by atoms with Crippen LogP contribution in [0.15, 0.2) is 48.5 Å². The van der Waals surface area contributed by atoms with Crippen LogP contribution in [0.1, 0.15) is 42.5 Å². The van der Waals surface area contributed by atoms with Gasteiger partial charge in [0.1, 0.15) is 0 Å². The molecule has 0 radical (unpaired) electrons. The standard InChI is InChI=1S/C21H28N2O3S/c1-16-7-11-19(12-8-16)18(3)22-21(24)6-5-15-23(27(4,25)26)20-13-9-17(2)10-14-20/h7-14,18H,5-6,15H2,1-4H3,(H,22,24). The summed E-state index contributed by atoms with van der Waals surface area (Å²) in [6.07, 6.45) is 1.91. The molecule has 6 heteroatoms. The molecule has 0 heterocycles. The van der Waals surface area contributed by atoms with Gasteiger partial charge < -0.3 is 5.32 Å². The van der Waals surface area contributed by atoms with E-state index in [2.05, 4.69) is 5.32 Å². The van der Waals surface area contributed by atoms with Gasteiger partial charge in [-0.1, -0.05) is 47.5 Å². The number of hydrogen-bond acceptors (Lipinski definition) is 3. The minimum atomic E-state index is -3.40. The third-order valence-corrected chi connectivity index (χ3v) is 5.64. The van der Waals surface area contributed by atoms with E-state index < -0.39 is 10.0 Å². The number of carbonyl (C=O) groups excluding carboxylic acids is 1. The summed E-state index contributed by atoms with van der Waals surface area (Å²) in [5, 5.41) is 2.97. The Morgan fingerprint density at radius 1 is 1.00 bits per heavy atom. The Hall–Kier alpha value is -2.34. The maximum atomic E-state index is 12.2. The van der Waals surface area contributed by atoms with Crippen molar-refractivity contribution in [1.82, 2.24) is 5.32 Å². The summed E-state index contributed by atoms with van der Waals surface area (Å²) in [7, 11) is -3.40. The van der Waals surface area contributed by atoms with Crippen molar-refractivity contribution in [3.05, 3.63) is 65.2 Å². The maximum Gasteiger partial charge on any atom is 0.232 e. The topological polar surface area (TPSA) is 66.5 Å². The average molecular weight is 389 g/mol. The summed E-state index contributed by atoms with van der Waals surface area (Å²) in [4.78, 5) is 12.2. The Labute approximate surface area is 162 Å². The number of sulfonamides is 1. The molecule has 146 valence electrons. The van der Waals surface area contributed by atoms with Crippen molar-refractivity contribution in [1.29, 1.82) is 0 Å². The summed E-state index contributed by atoms with van der Waals surface area (Å²) in [5.74, 6) is -0.0829. The first-order valence-electron chi connectivity index (χ1n) is 9.07. The number of nitrogens with one attached hydrogen (secondary N) is 1. The Kier molecular flexibility index (Phi) is 7.02. The number of carbonyl (C=O) groups is 1. The first-order valence-corrected chi connectivity index (χ1v) is 10.9. The lowest BCUT2D eigenvalue weighted by molar-refractivity contribution is -0.121. The normalized spacial score (nSPS) is 12.4. The summed E-state index contributed by atoms with van der Waals surface area (Å²) in [6, 6.07) is 15.3. The molecule has 2 rings (SSSR count). The number of hydrogen-bond donors (Lipinski definition) is 1. The molecule has 1 unspecified atom stereocenters. The number of amides is 1. The molecular formula is C21H28N2O3S. The van der Waals surface area contributed by atoms with Crippen molar-refractivity contribution in [2.24, 2.45) is 0 Å². The van der Waals surface area contributed by atoms with Gasteiger partial charge in [-0.2, -0.15) is 0 Å². The first-order chi connectivity index (χ1) is 12.7. The average Bonchev–Trinajstić information content (AvgIpc) is 2.59. The fraction of sp³-hybridized carbons (Fsp3) is 0.381. The van der Waals surface area contributed by atoms with Crippen LogP contribution in [0.25, 0.3) is 0 Å². The highest BCUT2D eigenvalue weighted by Crippen LogP contribution is 2.19. The van der Waals surface area contributed by atoms with Crippen molar-refractivity contribution < 1.29 is 13.2 Å². The minimum Gasteiger partial charge on any atom is -0.350 e. The molecule has 0 saturated carbocycles. The highest BCUT2D eigenvalue weighted by Gasteiger charge is 2.18. The Morgan fingerprint density at radius 3 is 2.04 bits per heavy atom. The van der Waals surface area contributed by atoms with Crippen LogP contribution in [0, 0.1) is 13.8 Å². The first kappa shape index (κ1) is 21.0. The van der Waals surface area contributed by atoms with Crippen molar-refractivity contribution >= 4 is 21.6 Å². The molecule has 0 aromatic heterocycles. The van der Waals surface area contributed by atoms with Gasteiger partial charge in [-0.3, -0.25) is 9.10 Å². The largest absolute Gasteiger partial charge is 0.350 e. The fourth-order valence-corrected chi connectivity index (χ4v) is 3.80. The Morgan fingerprint density at radius 2 is 1.52 bits per heavy atom. The van der Waals surface area contributed by atoms with Gasteiger partial charge in [-0.15, -0.1) is 0 Å². The Balaban J connectivity index is 1.91. The summed E-state index contributed by atoms with van der Waals surface area (Å²) in [6.45, 7) is 6.19. The molecule has 0 bridgehead atoms. The second kappa shape index (κ2) is 9.04. The summed E-state index contributed by atoms with van der Waals surface area (Å²) < 4.78 is 25.6. The van der Waals surface area contributed by atoms with Gasteiger partial charge in [0, 0.05) is 13.0 Å². The third kappa shape index (κ3) is 6.40. The zero-order valence-electron chi connectivity index (χ0n) is 16.4. The molecule has 0 aliphatic carbocycles. The molecule has 0 aliphatic rings. The lowest BCUT2D eigenvalue weighted by Gasteiger charge is -2.22. The highest BCUT2D eigenvalue weighted by atomic mass is 32.2. The van der Waals surface area contributed by atoms with E-state index in [9.17, 15) is 13.2 Å². The molecule has 1 atom stereocenters. The van der Waals surface area contributed by atoms with E-state index in [1.165, 1.54) is 16.1 Å². The zero-order chi connectivity index (χ0) is 20.0. The van der Waals surface area contributed by atoms with Crippen molar-refractivity contribution in [2.75, 3.05) is 17.1 Å². The molecule has 5 nitrogen and oxygen atoms in total. The van der Waals surface area contributed by atoms with Gasteiger partial charge >= 0.3 is 0 Å². The van der Waals surface area contributed by atoms with Crippen molar-refractivity contribution in [3.8, 4) is 0 Å². The minimum absolute atomic E-state index is 0.0822. The van der Waals surface area contributed by atoms with E-state index in [0.717, 1.165) is 11.1 Å². The zero-order valence-corrected chi connectivity index (χ0v) is 17.2. The van der Waals surface area contributed by atoms with E-state index >= 15 is 0 Å². The molecule has 1 amide bonds. The molecule has 0 saturated heterocycles. The lowest BCUT2D eigenvalue weighted by atomic mass is 10.1. The van der Waals surface area contributed by atoms with Gasteiger partial charge in [0.15, 0.2) is 0 Å². The van der Waals surface area contributed by atoms with Crippen LogP contribution < -0.4 is 9.62 Å². The maximum absolute atomic E-state index is 12.2. The molecule has 2 aromatic carbocycles. The van der Waals surface area contributed by atoms with E-state index in [-0.39, 0.29) is 24.9 Å². The highest BCUT2D eigenvalue weighted by molar-refractivity contribution is 7.92. The van der Waals surface area contributed by atoms with E-state index in [4.69, 9.17) is 0 Å². The molecular weight excluding hydrogens is 360 g/mol. The third-order valence-electron chi connectivity index (χ3n) is 4.44. The van der Waals surface area contributed by atoms with Gasteiger partial charge in [0.25, 0.3) is 0 Å². The Bertz CT molecular complexity index is 859. The number of aryl methyl sites for hydroxylation is 2. The van der Waals surface area contributed by atoms with Gasteiger partial charge in [0.05, 0.1) is 18.0 Å². The summed E-state index contributed by atoms with van der Waals surface area (Å²) in [5.41, 5.74) is 3.91. The van der Waals surface area contributed by atoms with Crippen LogP contribution in [0.5, 0.6) is 0 Å². The molecule has 1 N–H and O–H groups in total. The quantitative estimate of drug-likeness (QED) is 0.749. The predicted octanol–water partition coefficient (Wildman–Crippen LogP) is 3.73. The number of benzene rings is 2. The number of nitrogens with zero attached hydrogens (tertiary/aromatic N) is 1. The molecule has 27 heavy (non-hydrogen) atoms. The number of rotatable bonds is 8. The van der Waals surface area contributed by atoms with Crippen molar-refractivity contribution in [2.45, 2.75) is 39.7 Å². The SMILES string of the molecule is Cc1ccc(C(C)NC(=O)CCCN(c2ccc(C)cc2)S(C)(=O)=O)cc1. The molecule has 0 spiro atoms. The van der Waals surface area contributed by atoms with Gasteiger partial charge in [-0.05, 0) is 44.9 Å². The van der Waals surface area contributed by atoms with E-state index in [1.807, 2.05) is 57.2 Å². The van der Waals surface area contributed by atoms with Crippen LogP contribution in [-0.4, -0.2) is 27.1 Å². The molecule has 0 fully saturated rings. The summed E-state index contributed by atoms with van der Waals surface area (Å²) >= 11 is 0. The molecule has 2 aromatic rings. The van der Waals surface area contributed by atoms with E-state index in [0.29, 0.717) is 12.1 Å². The van der Waals surface area contributed by atoms with Crippen LogP contribution in [-0.2, 0) is 14.8 Å². The van der Waals surface area contributed by atoms with Gasteiger partial charge in [-0.25, -0.2) is 8.42 Å². The van der Waals surface area contributed by atoms with Crippen LogP contribution in [0.2, 0.25) is 0 Å². The second-order valence-electron chi connectivity index (χ2n) is 6.97. The molecule has 0 aliphatic heterocycles. The fourth-order valence-electron chi connectivity index (χ4n) is 2.83. The monoisotopic (exact) mass is 388 g/mol. The van der Waals surface area contributed by atoms with Crippen LogP contribution in [0.3, 0.4) is 0 Å². The van der Waals surface area contributed by atoms with E-state index in [1.54, 1.807) is 12.1 Å². The van der Waals surface area contributed by atoms with Crippen LogP contribution in [0.4, 0.5) is 5.69 Å². The smallest absolute Gasteiger partial charge is 0.232 e. The van der Waals surface area contributed by atoms with Crippen LogP contribution >= 0.6 is 0 Å². The lowest BCUT2D eigenvalue weighted by Crippen LogP contribution is -2.32. The predicted molar refractivity (Wildman–Crippen MR) is 110 cm³/mol.